The molecule has 0 aromatic carbocycles. The molecule has 10 nitrogen and oxygen atoms in total. The van der Waals surface area contributed by atoms with Crippen molar-refractivity contribution < 1.29 is 51.1 Å². The highest BCUT2D eigenvalue weighted by molar-refractivity contribution is 4.82. The van der Waals surface area contributed by atoms with E-state index in [0.717, 1.165) is 0 Å². The van der Waals surface area contributed by atoms with Gasteiger partial charge in [0.2, 0.25) is 0 Å². The molecule has 10 N–H and O–H groups in total. The Balaban J connectivity index is 0. The van der Waals surface area contributed by atoms with Crippen LogP contribution in [-0.2, 0) is 0 Å². The smallest absolute Gasteiger partial charge is 0.0639 e. The second-order valence-corrected chi connectivity index (χ2v) is 6.38. The molecule has 0 saturated heterocycles. The molecule has 0 saturated carbocycles. The van der Waals surface area contributed by atoms with Gasteiger partial charge < -0.3 is 51.1 Å². The molecule has 0 radical (unpaired) electrons. The molecule has 0 rings (SSSR count). The van der Waals surface area contributed by atoms with E-state index in [9.17, 15) is 15.3 Å². The van der Waals surface area contributed by atoms with Gasteiger partial charge in [-0.2, -0.15) is 0 Å². The molecule has 0 spiro atoms. The second kappa shape index (κ2) is 18.9. The van der Waals surface area contributed by atoms with Crippen molar-refractivity contribution in [3.63, 3.8) is 0 Å². The molecule has 27 heavy (non-hydrogen) atoms. The maximum atomic E-state index is 9.66. The summed E-state index contributed by atoms with van der Waals surface area (Å²) in [6.07, 6.45) is -3.62. The van der Waals surface area contributed by atoms with Gasteiger partial charge in [0, 0.05) is 39.0 Å². The van der Waals surface area contributed by atoms with E-state index in [-0.39, 0.29) is 71.6 Å². The predicted octanol–water partition coefficient (Wildman–Crippen LogP) is -3.30. The van der Waals surface area contributed by atoms with Gasteiger partial charge >= 0.3 is 0 Å². The molecule has 0 heterocycles. The van der Waals surface area contributed by atoms with Crippen LogP contribution >= 0.6 is 0 Å². The molecule has 0 aliphatic rings. The molecular weight excluding hydrogens is 364 g/mol. The van der Waals surface area contributed by atoms with Crippen molar-refractivity contribution in [2.24, 2.45) is 5.92 Å². The van der Waals surface area contributed by atoms with Gasteiger partial charge in [-0.3, -0.25) is 0 Å². The van der Waals surface area contributed by atoms with Crippen molar-refractivity contribution in [2.45, 2.75) is 69.0 Å². The summed E-state index contributed by atoms with van der Waals surface area (Å²) in [7, 11) is 0. The Morgan fingerprint density at radius 2 is 0.667 bits per heavy atom. The summed E-state index contributed by atoms with van der Waals surface area (Å²) >= 11 is 0. The first-order valence-corrected chi connectivity index (χ1v) is 9.23. The molecule has 166 valence electrons. The van der Waals surface area contributed by atoms with Crippen LogP contribution < -0.4 is 0 Å². The van der Waals surface area contributed by atoms with Crippen molar-refractivity contribution in [1.82, 2.24) is 0 Å². The molecule has 0 bridgehead atoms. The third kappa shape index (κ3) is 15.2. The van der Waals surface area contributed by atoms with Gasteiger partial charge in [-0.1, -0.05) is 0 Å². The summed E-state index contributed by atoms with van der Waals surface area (Å²) in [6.45, 7) is -0.917. The molecular formula is C17H38O10. The van der Waals surface area contributed by atoms with Crippen molar-refractivity contribution in [3.8, 4) is 0 Å². The van der Waals surface area contributed by atoms with E-state index in [1.165, 1.54) is 0 Å². The zero-order valence-corrected chi connectivity index (χ0v) is 15.7. The summed E-state index contributed by atoms with van der Waals surface area (Å²) < 4.78 is 0. The number of rotatable bonds is 15. The average molecular weight is 402 g/mol. The SMILES string of the molecule is OCCC(O)C(C(O)CCO)C(O)CCO.OCCC(O)CC(O)CCO. The summed E-state index contributed by atoms with van der Waals surface area (Å²) in [4.78, 5) is 0. The fourth-order valence-corrected chi connectivity index (χ4v) is 2.59. The Hall–Kier alpha value is -0.400. The first kappa shape index (κ1) is 28.8. The standard InChI is InChI=1S/C10H22O6.C7H16O4/c11-4-1-7(14)10(8(15)2-5-12)9(16)3-6-13;8-3-1-6(10)5-7(11)2-4-9/h7-16H,1-6H2;6-11H,1-5H2. The lowest BCUT2D eigenvalue weighted by Crippen LogP contribution is -2.42. The van der Waals surface area contributed by atoms with E-state index in [4.69, 9.17) is 35.7 Å². The zero-order chi connectivity index (χ0) is 21.2. The highest BCUT2D eigenvalue weighted by atomic mass is 16.3. The Morgan fingerprint density at radius 1 is 0.407 bits per heavy atom. The van der Waals surface area contributed by atoms with Gasteiger partial charge in [0.25, 0.3) is 0 Å². The van der Waals surface area contributed by atoms with Gasteiger partial charge in [0.1, 0.15) is 0 Å². The van der Waals surface area contributed by atoms with E-state index in [2.05, 4.69) is 0 Å². The Labute approximate surface area is 160 Å². The molecule has 5 atom stereocenters. The second-order valence-electron chi connectivity index (χ2n) is 6.38. The van der Waals surface area contributed by atoms with Crippen LogP contribution in [-0.4, -0.2) is 115 Å². The van der Waals surface area contributed by atoms with Gasteiger partial charge in [-0.25, -0.2) is 0 Å². The van der Waals surface area contributed by atoms with Crippen molar-refractivity contribution in [1.29, 1.82) is 0 Å². The summed E-state index contributed by atoms with van der Waals surface area (Å²) in [5.74, 6) is -0.869. The van der Waals surface area contributed by atoms with Crippen LogP contribution in [0.3, 0.4) is 0 Å². The minimum Gasteiger partial charge on any atom is -0.396 e. The number of hydrogen-bond acceptors (Lipinski definition) is 10. The molecule has 0 fully saturated rings. The quantitative estimate of drug-likeness (QED) is 0.132. The summed E-state index contributed by atoms with van der Waals surface area (Å²) in [5.41, 5.74) is 0. The Morgan fingerprint density at radius 3 is 0.889 bits per heavy atom. The molecule has 0 aliphatic heterocycles. The van der Waals surface area contributed by atoms with Gasteiger partial charge in [-0.05, 0) is 38.5 Å². The Kier molecular flexibility index (Phi) is 20.2. The molecule has 0 aromatic rings. The molecule has 0 aliphatic carbocycles. The maximum Gasteiger partial charge on any atom is 0.0639 e. The molecule has 0 aromatic heterocycles. The molecule has 10 heteroatoms. The number of aliphatic hydroxyl groups excluding tert-OH is 10. The van der Waals surface area contributed by atoms with Crippen molar-refractivity contribution in [3.05, 3.63) is 0 Å². The van der Waals surface area contributed by atoms with Crippen LogP contribution in [0.4, 0.5) is 0 Å². The normalized spacial score (nSPS) is 18.0. The number of aliphatic hydroxyl groups is 10. The van der Waals surface area contributed by atoms with Gasteiger partial charge in [0.05, 0.1) is 30.5 Å². The molecule has 0 amide bonds. The van der Waals surface area contributed by atoms with Crippen LogP contribution in [0.5, 0.6) is 0 Å². The van der Waals surface area contributed by atoms with Crippen molar-refractivity contribution >= 4 is 0 Å². The number of hydrogen-bond donors (Lipinski definition) is 10. The van der Waals surface area contributed by atoms with E-state index in [0.29, 0.717) is 0 Å². The highest BCUT2D eigenvalue weighted by Crippen LogP contribution is 2.21. The van der Waals surface area contributed by atoms with Crippen LogP contribution in [0.25, 0.3) is 0 Å². The minimum absolute atomic E-state index is 0.0373. The maximum absolute atomic E-state index is 9.66. The van der Waals surface area contributed by atoms with Gasteiger partial charge in [-0.15, -0.1) is 0 Å². The third-order valence-electron chi connectivity index (χ3n) is 4.08. The van der Waals surface area contributed by atoms with Crippen LogP contribution in [0.2, 0.25) is 0 Å². The molecule has 5 unspecified atom stereocenters. The lowest BCUT2D eigenvalue weighted by Gasteiger charge is -2.31. The Bertz CT molecular complexity index is 269. The van der Waals surface area contributed by atoms with Crippen LogP contribution in [0.1, 0.15) is 38.5 Å². The summed E-state index contributed by atoms with van der Waals surface area (Å²) in [5, 5.41) is 89.9. The third-order valence-corrected chi connectivity index (χ3v) is 4.08. The van der Waals surface area contributed by atoms with E-state index >= 15 is 0 Å². The van der Waals surface area contributed by atoms with E-state index in [1.54, 1.807) is 0 Å². The van der Waals surface area contributed by atoms with E-state index < -0.39 is 36.4 Å². The van der Waals surface area contributed by atoms with Crippen LogP contribution in [0.15, 0.2) is 0 Å². The largest absolute Gasteiger partial charge is 0.396 e. The minimum atomic E-state index is -1.06. The fourth-order valence-electron chi connectivity index (χ4n) is 2.59. The monoisotopic (exact) mass is 402 g/mol. The van der Waals surface area contributed by atoms with Crippen LogP contribution in [0, 0.1) is 5.92 Å². The topological polar surface area (TPSA) is 202 Å². The highest BCUT2D eigenvalue weighted by Gasteiger charge is 2.32. The summed E-state index contributed by atoms with van der Waals surface area (Å²) in [6, 6.07) is 0. The lowest BCUT2D eigenvalue weighted by atomic mass is 9.85. The first-order chi connectivity index (χ1) is 12.8. The van der Waals surface area contributed by atoms with Gasteiger partial charge in [0.15, 0.2) is 0 Å². The predicted molar refractivity (Wildman–Crippen MR) is 96.7 cm³/mol. The average Bonchev–Trinajstić information content (AvgIpc) is 2.56. The van der Waals surface area contributed by atoms with E-state index in [1.807, 2.05) is 0 Å². The van der Waals surface area contributed by atoms with Crippen molar-refractivity contribution in [2.75, 3.05) is 33.0 Å². The fraction of sp³-hybridized carbons (Fsp3) is 1.00. The first-order valence-electron chi connectivity index (χ1n) is 9.23. The lowest BCUT2D eigenvalue weighted by molar-refractivity contribution is -0.0743. The zero-order valence-electron chi connectivity index (χ0n) is 15.7.